The number of aryl methyl sites for hydroxylation is 1. The monoisotopic (exact) mass is 372 g/mol. The summed E-state index contributed by atoms with van der Waals surface area (Å²) in [6.45, 7) is 0. The Bertz CT molecular complexity index is 612. The van der Waals surface area contributed by atoms with Crippen LogP contribution in [0.25, 0.3) is 0 Å². The Morgan fingerprint density at radius 3 is 2.59 bits per heavy atom. The molecular weight excluding hydrogens is 340 g/mol. The summed E-state index contributed by atoms with van der Waals surface area (Å²) in [6, 6.07) is 10.3. The molecule has 148 valence electrons. The molecule has 1 saturated carbocycles. The molecule has 4 heteroatoms. The maximum atomic E-state index is 12.2. The number of ether oxygens (including phenoxy) is 1. The van der Waals surface area contributed by atoms with Gasteiger partial charge in [-0.2, -0.15) is 0 Å². The summed E-state index contributed by atoms with van der Waals surface area (Å²) >= 11 is 0. The van der Waals surface area contributed by atoms with Gasteiger partial charge in [-0.15, -0.1) is 0 Å². The van der Waals surface area contributed by atoms with E-state index in [0.717, 1.165) is 44.9 Å². The van der Waals surface area contributed by atoms with Gasteiger partial charge in [-0.1, -0.05) is 42.5 Å². The SMILES string of the molecule is O=C1CCC/C=C\CC2C(CC[C@@H](CCc3ccccc3)O1)[C@H](O)C[C@@H]2O. The molecule has 5 atom stereocenters. The third kappa shape index (κ3) is 5.91. The van der Waals surface area contributed by atoms with Crippen LogP contribution in [0.5, 0.6) is 0 Å². The Labute approximate surface area is 162 Å². The minimum Gasteiger partial charge on any atom is -0.462 e. The molecule has 0 amide bonds. The van der Waals surface area contributed by atoms with Crippen LogP contribution in [0.15, 0.2) is 42.5 Å². The highest BCUT2D eigenvalue weighted by Gasteiger charge is 2.40. The Kier molecular flexibility index (Phi) is 7.48. The summed E-state index contributed by atoms with van der Waals surface area (Å²) < 4.78 is 5.79. The van der Waals surface area contributed by atoms with Gasteiger partial charge in [-0.25, -0.2) is 0 Å². The predicted octanol–water partition coefficient (Wildman–Crippen LogP) is 3.80. The smallest absolute Gasteiger partial charge is 0.306 e. The fraction of sp³-hybridized carbons (Fsp3) is 0.609. The van der Waals surface area contributed by atoms with Gasteiger partial charge in [-0.3, -0.25) is 4.79 Å². The van der Waals surface area contributed by atoms with Crippen molar-refractivity contribution < 1.29 is 19.7 Å². The molecule has 0 saturated heterocycles. The zero-order chi connectivity index (χ0) is 19.1. The molecule has 0 aromatic heterocycles. The molecule has 0 bridgehead atoms. The van der Waals surface area contributed by atoms with Gasteiger partial charge in [0.25, 0.3) is 0 Å². The van der Waals surface area contributed by atoms with Crippen molar-refractivity contribution >= 4 is 5.97 Å². The fourth-order valence-corrected chi connectivity index (χ4v) is 4.50. The Morgan fingerprint density at radius 1 is 1.00 bits per heavy atom. The molecule has 1 aliphatic heterocycles. The third-order valence-electron chi connectivity index (χ3n) is 6.07. The molecular formula is C23H32O4. The lowest BCUT2D eigenvalue weighted by Crippen LogP contribution is -2.25. The van der Waals surface area contributed by atoms with E-state index in [9.17, 15) is 15.0 Å². The first-order valence-corrected chi connectivity index (χ1v) is 10.4. The minimum atomic E-state index is -0.464. The molecule has 1 heterocycles. The van der Waals surface area contributed by atoms with Gasteiger partial charge in [0.2, 0.25) is 0 Å². The number of carbonyl (C=O) groups is 1. The van der Waals surface area contributed by atoms with Crippen LogP contribution in [-0.2, 0) is 16.0 Å². The summed E-state index contributed by atoms with van der Waals surface area (Å²) in [5.41, 5.74) is 1.25. The van der Waals surface area contributed by atoms with Crippen LogP contribution < -0.4 is 0 Å². The molecule has 0 radical (unpaired) electrons. The molecule has 3 rings (SSSR count). The van der Waals surface area contributed by atoms with E-state index in [0.29, 0.717) is 12.8 Å². The van der Waals surface area contributed by atoms with Crippen molar-refractivity contribution in [2.75, 3.05) is 0 Å². The van der Waals surface area contributed by atoms with Crippen molar-refractivity contribution in [3.8, 4) is 0 Å². The number of fused-ring (bicyclic) bond motifs is 1. The lowest BCUT2D eigenvalue weighted by Gasteiger charge is -2.25. The first kappa shape index (κ1) is 20.1. The van der Waals surface area contributed by atoms with Crippen molar-refractivity contribution in [1.29, 1.82) is 0 Å². The maximum Gasteiger partial charge on any atom is 0.306 e. The van der Waals surface area contributed by atoms with Gasteiger partial charge < -0.3 is 14.9 Å². The van der Waals surface area contributed by atoms with Crippen molar-refractivity contribution in [3.05, 3.63) is 48.0 Å². The summed E-state index contributed by atoms with van der Waals surface area (Å²) in [7, 11) is 0. The van der Waals surface area contributed by atoms with Crippen LogP contribution in [0.3, 0.4) is 0 Å². The van der Waals surface area contributed by atoms with E-state index in [4.69, 9.17) is 4.74 Å². The zero-order valence-corrected chi connectivity index (χ0v) is 16.0. The average Bonchev–Trinajstić information content (AvgIpc) is 2.94. The number of carbonyl (C=O) groups excluding carboxylic acids is 1. The topological polar surface area (TPSA) is 66.8 Å². The minimum absolute atomic E-state index is 0.0725. The van der Waals surface area contributed by atoms with Crippen LogP contribution in [0, 0.1) is 11.8 Å². The highest BCUT2D eigenvalue weighted by molar-refractivity contribution is 5.69. The van der Waals surface area contributed by atoms with E-state index in [-0.39, 0.29) is 23.9 Å². The molecule has 2 unspecified atom stereocenters. The number of hydrogen-bond donors (Lipinski definition) is 2. The van der Waals surface area contributed by atoms with Crippen LogP contribution in [0.1, 0.15) is 56.9 Å². The molecule has 4 nitrogen and oxygen atoms in total. The Balaban J connectivity index is 1.66. The number of aliphatic hydroxyl groups excluding tert-OH is 2. The second-order valence-corrected chi connectivity index (χ2v) is 8.01. The molecule has 0 spiro atoms. The maximum absolute atomic E-state index is 12.2. The van der Waals surface area contributed by atoms with Crippen LogP contribution in [0.4, 0.5) is 0 Å². The number of hydrogen-bond acceptors (Lipinski definition) is 4. The number of benzene rings is 1. The molecule has 2 N–H and O–H groups in total. The quantitative estimate of drug-likeness (QED) is 0.626. The van der Waals surface area contributed by atoms with Crippen molar-refractivity contribution in [2.24, 2.45) is 11.8 Å². The van der Waals surface area contributed by atoms with Crippen LogP contribution in [-0.4, -0.2) is 34.5 Å². The second kappa shape index (κ2) is 10.0. The highest BCUT2D eigenvalue weighted by Crippen LogP contribution is 2.39. The van der Waals surface area contributed by atoms with Gasteiger partial charge in [0.05, 0.1) is 12.2 Å². The molecule has 2 aliphatic rings. The van der Waals surface area contributed by atoms with Crippen molar-refractivity contribution in [3.63, 3.8) is 0 Å². The lowest BCUT2D eigenvalue weighted by molar-refractivity contribution is -0.150. The molecule has 1 aromatic rings. The number of cyclic esters (lactones) is 1. The standard InChI is InChI=1S/C23H32O4/c24-21-16-22(25)20-15-14-18(13-12-17-8-4-3-5-9-17)27-23(26)11-7-2-1-6-10-19(20)21/h1,3-6,8-9,18-22,24-25H,2,7,10-16H2/b6-1-/t18-,19?,20?,21+,22-/m1/s1. The lowest BCUT2D eigenvalue weighted by atomic mass is 9.85. The largest absolute Gasteiger partial charge is 0.462 e. The Morgan fingerprint density at radius 2 is 1.78 bits per heavy atom. The predicted molar refractivity (Wildman–Crippen MR) is 105 cm³/mol. The van der Waals surface area contributed by atoms with Gasteiger partial charge >= 0.3 is 5.97 Å². The fourth-order valence-electron chi connectivity index (χ4n) is 4.50. The first-order chi connectivity index (χ1) is 13.1. The number of rotatable bonds is 3. The van der Waals surface area contributed by atoms with Gasteiger partial charge in [0.1, 0.15) is 6.10 Å². The van der Waals surface area contributed by atoms with E-state index in [1.165, 1.54) is 5.56 Å². The average molecular weight is 373 g/mol. The number of allylic oxidation sites excluding steroid dienone is 2. The Hall–Kier alpha value is -1.65. The van der Waals surface area contributed by atoms with Gasteiger partial charge in [0, 0.05) is 6.42 Å². The van der Waals surface area contributed by atoms with Gasteiger partial charge in [-0.05, 0) is 68.8 Å². The van der Waals surface area contributed by atoms with Crippen LogP contribution >= 0.6 is 0 Å². The van der Waals surface area contributed by atoms with E-state index in [1.807, 2.05) is 18.2 Å². The van der Waals surface area contributed by atoms with E-state index in [2.05, 4.69) is 24.3 Å². The van der Waals surface area contributed by atoms with Gasteiger partial charge in [0.15, 0.2) is 0 Å². The first-order valence-electron chi connectivity index (χ1n) is 10.4. The van der Waals surface area contributed by atoms with E-state index >= 15 is 0 Å². The van der Waals surface area contributed by atoms with Crippen molar-refractivity contribution in [2.45, 2.75) is 76.1 Å². The number of aliphatic hydroxyl groups is 2. The molecule has 1 fully saturated rings. The van der Waals surface area contributed by atoms with E-state index in [1.54, 1.807) is 0 Å². The van der Waals surface area contributed by atoms with Crippen LogP contribution in [0.2, 0.25) is 0 Å². The molecule has 1 aromatic carbocycles. The van der Waals surface area contributed by atoms with E-state index < -0.39 is 12.2 Å². The summed E-state index contributed by atoms with van der Waals surface area (Å²) in [4.78, 5) is 12.2. The van der Waals surface area contributed by atoms with Crippen molar-refractivity contribution in [1.82, 2.24) is 0 Å². The second-order valence-electron chi connectivity index (χ2n) is 8.01. The molecule has 27 heavy (non-hydrogen) atoms. The molecule has 1 aliphatic carbocycles. The number of esters is 1. The highest BCUT2D eigenvalue weighted by atomic mass is 16.5. The zero-order valence-electron chi connectivity index (χ0n) is 16.0. The third-order valence-corrected chi connectivity index (χ3v) is 6.07. The summed E-state index contributed by atoms with van der Waals surface area (Å²) in [5.74, 6) is 0.0510. The summed E-state index contributed by atoms with van der Waals surface area (Å²) in [6.07, 6.45) is 9.70. The normalized spacial score (nSPS) is 33.9. The summed E-state index contributed by atoms with van der Waals surface area (Å²) in [5, 5.41) is 20.7.